The Morgan fingerprint density at radius 3 is 1.87 bits per heavy atom. The van der Waals surface area contributed by atoms with E-state index in [0.717, 1.165) is 44.9 Å². The zero-order valence-corrected chi connectivity index (χ0v) is 14.9. The van der Waals surface area contributed by atoms with Crippen molar-refractivity contribution in [3.05, 3.63) is 48.6 Å². The first-order valence-corrected chi connectivity index (χ1v) is 9.01. The van der Waals surface area contributed by atoms with Crippen molar-refractivity contribution in [3.8, 4) is 0 Å². The molecule has 0 spiro atoms. The molecule has 0 aliphatic heterocycles. The van der Waals surface area contributed by atoms with E-state index >= 15 is 0 Å². The van der Waals surface area contributed by atoms with Crippen LogP contribution >= 0.6 is 0 Å². The molecule has 130 valence electrons. The van der Waals surface area contributed by atoms with E-state index < -0.39 is 5.97 Å². The van der Waals surface area contributed by atoms with Gasteiger partial charge in [0.1, 0.15) is 0 Å². The highest BCUT2D eigenvalue weighted by molar-refractivity contribution is 5.69. The first-order chi connectivity index (χ1) is 11.2. The molecule has 0 aromatic heterocycles. The fourth-order valence-corrected chi connectivity index (χ4v) is 2.06. The molecule has 0 heterocycles. The van der Waals surface area contributed by atoms with Crippen LogP contribution in [-0.2, 0) is 4.79 Å². The Bertz CT molecular complexity index is 389. The summed E-state index contributed by atoms with van der Waals surface area (Å²) in [5, 5.41) is 8.77. The summed E-state index contributed by atoms with van der Waals surface area (Å²) in [6.07, 6.45) is 27.1. The second kappa shape index (κ2) is 16.8. The summed E-state index contributed by atoms with van der Waals surface area (Å²) in [4.78, 5) is 10.7. The molecular formula is C21H34O2. The Kier molecular flexibility index (Phi) is 15.6. The smallest absolute Gasteiger partial charge is 0.306 e. The van der Waals surface area contributed by atoms with Gasteiger partial charge in [-0.05, 0) is 57.8 Å². The number of hydrogen-bond acceptors (Lipinski definition) is 1. The van der Waals surface area contributed by atoms with Gasteiger partial charge in [-0.2, -0.15) is 0 Å². The standard InChI is InChI=1S/C21H34O2/c1-3-4-5-6-7-8-9-10-11-12-13-14-15-16-17-18-19-20(2)21(22)23/h4-5,7-8,10-11,16-17,20H,3,6,9,12-15,18-19H2,1-2H3,(H,22,23)/b5-4?,8-7?,11-10?,17-16-. The number of hydrogen-bond donors (Lipinski definition) is 1. The van der Waals surface area contributed by atoms with E-state index in [1.54, 1.807) is 6.92 Å². The van der Waals surface area contributed by atoms with Crippen molar-refractivity contribution >= 4 is 5.97 Å². The number of unbranched alkanes of at least 4 members (excludes halogenated alkanes) is 3. The quantitative estimate of drug-likeness (QED) is 0.294. The van der Waals surface area contributed by atoms with Gasteiger partial charge in [-0.25, -0.2) is 0 Å². The van der Waals surface area contributed by atoms with E-state index in [1.165, 1.54) is 12.8 Å². The van der Waals surface area contributed by atoms with Crippen LogP contribution in [0.5, 0.6) is 0 Å². The van der Waals surface area contributed by atoms with Crippen LogP contribution in [0.25, 0.3) is 0 Å². The zero-order valence-electron chi connectivity index (χ0n) is 14.9. The van der Waals surface area contributed by atoms with Crippen LogP contribution < -0.4 is 0 Å². The number of rotatable bonds is 14. The number of allylic oxidation sites excluding steroid dienone is 8. The fraction of sp³-hybridized carbons (Fsp3) is 0.571. The molecule has 0 aromatic rings. The van der Waals surface area contributed by atoms with Gasteiger partial charge in [0.2, 0.25) is 0 Å². The highest BCUT2D eigenvalue weighted by Gasteiger charge is 2.08. The number of carboxylic acid groups (broad SMARTS) is 1. The molecule has 2 heteroatoms. The molecule has 0 bridgehead atoms. The predicted octanol–water partition coefficient (Wildman–Crippen LogP) is 6.46. The molecule has 0 rings (SSSR count). The van der Waals surface area contributed by atoms with Crippen molar-refractivity contribution in [3.63, 3.8) is 0 Å². The van der Waals surface area contributed by atoms with Crippen LogP contribution in [-0.4, -0.2) is 11.1 Å². The molecule has 0 amide bonds. The number of carbonyl (C=O) groups is 1. The summed E-state index contributed by atoms with van der Waals surface area (Å²) in [5.41, 5.74) is 0. The van der Waals surface area contributed by atoms with Gasteiger partial charge in [0.05, 0.1) is 5.92 Å². The lowest BCUT2D eigenvalue weighted by Crippen LogP contribution is -2.08. The van der Waals surface area contributed by atoms with Gasteiger partial charge in [-0.15, -0.1) is 0 Å². The van der Waals surface area contributed by atoms with Gasteiger partial charge >= 0.3 is 5.97 Å². The third-order valence-corrected chi connectivity index (χ3v) is 3.63. The van der Waals surface area contributed by atoms with Crippen molar-refractivity contribution in [2.24, 2.45) is 5.92 Å². The fourth-order valence-electron chi connectivity index (χ4n) is 2.06. The molecule has 2 nitrogen and oxygen atoms in total. The van der Waals surface area contributed by atoms with Gasteiger partial charge < -0.3 is 5.11 Å². The van der Waals surface area contributed by atoms with Crippen molar-refractivity contribution in [1.82, 2.24) is 0 Å². The van der Waals surface area contributed by atoms with Crippen LogP contribution in [0, 0.1) is 5.92 Å². The van der Waals surface area contributed by atoms with E-state index in [2.05, 4.69) is 55.5 Å². The minimum Gasteiger partial charge on any atom is -0.481 e. The van der Waals surface area contributed by atoms with Crippen LogP contribution in [0.3, 0.4) is 0 Å². The first kappa shape index (κ1) is 21.4. The summed E-state index contributed by atoms with van der Waals surface area (Å²) in [5.74, 6) is -0.932. The second-order valence-electron chi connectivity index (χ2n) is 5.87. The van der Waals surface area contributed by atoms with Crippen LogP contribution in [0.1, 0.15) is 71.6 Å². The predicted molar refractivity (Wildman–Crippen MR) is 101 cm³/mol. The molecule has 0 saturated heterocycles. The van der Waals surface area contributed by atoms with Gasteiger partial charge in [-0.1, -0.05) is 62.5 Å². The Labute approximate surface area is 142 Å². The molecule has 1 N–H and O–H groups in total. The molecule has 0 fully saturated rings. The molecule has 0 saturated carbocycles. The molecule has 0 aliphatic carbocycles. The summed E-state index contributed by atoms with van der Waals surface area (Å²) < 4.78 is 0. The Morgan fingerprint density at radius 2 is 1.30 bits per heavy atom. The Hall–Kier alpha value is -1.57. The maximum absolute atomic E-state index is 10.7. The maximum atomic E-state index is 10.7. The lowest BCUT2D eigenvalue weighted by Gasteiger charge is -2.01. The van der Waals surface area contributed by atoms with E-state index in [4.69, 9.17) is 5.11 Å². The lowest BCUT2D eigenvalue weighted by atomic mass is 10.1. The summed E-state index contributed by atoms with van der Waals surface area (Å²) in [6.45, 7) is 3.91. The molecule has 0 aromatic carbocycles. The third kappa shape index (κ3) is 16.6. The Balaban J connectivity index is 3.40. The Morgan fingerprint density at radius 1 is 0.826 bits per heavy atom. The topological polar surface area (TPSA) is 37.3 Å². The minimum absolute atomic E-state index is 0.235. The highest BCUT2D eigenvalue weighted by atomic mass is 16.4. The summed E-state index contributed by atoms with van der Waals surface area (Å²) in [6, 6.07) is 0. The SMILES string of the molecule is CCC=CCC=CCC=CCCCC/C=C\CCC(C)C(=O)O. The summed E-state index contributed by atoms with van der Waals surface area (Å²) >= 11 is 0. The third-order valence-electron chi connectivity index (χ3n) is 3.63. The van der Waals surface area contributed by atoms with Crippen molar-refractivity contribution in [2.75, 3.05) is 0 Å². The lowest BCUT2D eigenvalue weighted by molar-refractivity contribution is -0.141. The van der Waals surface area contributed by atoms with Crippen LogP contribution in [0.2, 0.25) is 0 Å². The summed E-state index contributed by atoms with van der Waals surface area (Å²) in [7, 11) is 0. The van der Waals surface area contributed by atoms with Crippen molar-refractivity contribution in [2.45, 2.75) is 71.6 Å². The van der Waals surface area contributed by atoms with Crippen LogP contribution in [0.15, 0.2) is 48.6 Å². The van der Waals surface area contributed by atoms with E-state index in [1.807, 2.05) is 0 Å². The average Bonchev–Trinajstić information content (AvgIpc) is 2.54. The van der Waals surface area contributed by atoms with E-state index in [-0.39, 0.29) is 5.92 Å². The van der Waals surface area contributed by atoms with Crippen molar-refractivity contribution < 1.29 is 9.90 Å². The molecule has 1 atom stereocenters. The number of carboxylic acids is 1. The van der Waals surface area contributed by atoms with Gasteiger partial charge in [0, 0.05) is 0 Å². The van der Waals surface area contributed by atoms with Gasteiger partial charge in [0.25, 0.3) is 0 Å². The average molecular weight is 319 g/mol. The van der Waals surface area contributed by atoms with Crippen LogP contribution in [0.4, 0.5) is 0 Å². The monoisotopic (exact) mass is 318 g/mol. The zero-order chi connectivity index (χ0) is 17.2. The normalized spacial score (nSPS) is 13.8. The molecule has 0 aliphatic rings. The maximum Gasteiger partial charge on any atom is 0.306 e. The molecule has 23 heavy (non-hydrogen) atoms. The van der Waals surface area contributed by atoms with Gasteiger partial charge in [0.15, 0.2) is 0 Å². The second-order valence-corrected chi connectivity index (χ2v) is 5.87. The number of aliphatic carboxylic acids is 1. The largest absolute Gasteiger partial charge is 0.481 e. The first-order valence-electron chi connectivity index (χ1n) is 9.01. The molecule has 1 unspecified atom stereocenters. The molecule has 0 radical (unpaired) electrons. The van der Waals surface area contributed by atoms with E-state index in [9.17, 15) is 4.79 Å². The highest BCUT2D eigenvalue weighted by Crippen LogP contribution is 2.07. The van der Waals surface area contributed by atoms with E-state index in [0.29, 0.717) is 0 Å². The van der Waals surface area contributed by atoms with Gasteiger partial charge in [-0.3, -0.25) is 4.79 Å². The minimum atomic E-state index is -0.697. The molecular weight excluding hydrogens is 284 g/mol. The van der Waals surface area contributed by atoms with Crippen molar-refractivity contribution in [1.29, 1.82) is 0 Å².